The molecule has 0 radical (unpaired) electrons. The zero-order valence-corrected chi connectivity index (χ0v) is 12.7. The molecular weight excluding hydrogens is 288 g/mol. The van der Waals surface area contributed by atoms with E-state index in [9.17, 15) is 8.42 Å². The van der Waals surface area contributed by atoms with E-state index >= 15 is 0 Å². The number of rotatable bonds is 0. The summed E-state index contributed by atoms with van der Waals surface area (Å²) in [5.41, 5.74) is 2.50. The third-order valence-electron chi connectivity index (χ3n) is 3.55. The van der Waals surface area contributed by atoms with Crippen LogP contribution in [0.2, 0.25) is 0 Å². The molecule has 0 aliphatic carbocycles. The molecule has 0 aromatic heterocycles. The maximum atomic E-state index is 11.3. The lowest BCUT2D eigenvalue weighted by Gasteiger charge is -1.94. The van der Waals surface area contributed by atoms with Gasteiger partial charge in [-0.1, -0.05) is 36.4 Å². The molecule has 104 valence electrons. The Kier molecular flexibility index (Phi) is 3.85. The van der Waals surface area contributed by atoms with E-state index in [4.69, 9.17) is 0 Å². The van der Waals surface area contributed by atoms with E-state index in [2.05, 4.69) is 24.3 Å². The van der Waals surface area contributed by atoms with Gasteiger partial charge >= 0.3 is 0 Å². The Balaban J connectivity index is 0.000000123. The quantitative estimate of drug-likeness (QED) is 0.748. The van der Waals surface area contributed by atoms with Gasteiger partial charge in [-0.25, -0.2) is 8.42 Å². The molecule has 2 aromatic rings. The summed E-state index contributed by atoms with van der Waals surface area (Å²) >= 11 is 1.97. The first-order chi connectivity index (χ1) is 9.67. The highest BCUT2D eigenvalue weighted by Gasteiger charge is 2.24. The molecule has 0 unspecified atom stereocenters. The van der Waals surface area contributed by atoms with Gasteiger partial charge in [-0.05, 0) is 36.1 Å². The molecule has 4 heteroatoms. The van der Waals surface area contributed by atoms with Crippen molar-refractivity contribution in [1.29, 1.82) is 0 Å². The summed E-state index contributed by atoms with van der Waals surface area (Å²) in [6.07, 6.45) is 1.94. The van der Waals surface area contributed by atoms with Crippen molar-refractivity contribution in [3.05, 3.63) is 59.7 Å². The predicted molar refractivity (Wildman–Crippen MR) is 83.1 cm³/mol. The van der Waals surface area contributed by atoms with Crippen LogP contribution in [0.15, 0.2) is 58.3 Å². The second-order valence-corrected chi connectivity index (χ2v) is 8.10. The topological polar surface area (TPSA) is 34.1 Å². The van der Waals surface area contributed by atoms with Gasteiger partial charge in [-0.15, -0.1) is 11.8 Å². The van der Waals surface area contributed by atoms with Crippen molar-refractivity contribution >= 4 is 21.6 Å². The summed E-state index contributed by atoms with van der Waals surface area (Å²) in [6.45, 7) is 0. The van der Waals surface area contributed by atoms with Crippen LogP contribution in [0.4, 0.5) is 0 Å². The van der Waals surface area contributed by atoms with Gasteiger partial charge in [0.15, 0.2) is 9.84 Å². The van der Waals surface area contributed by atoms with E-state index < -0.39 is 9.84 Å². The third-order valence-corrected chi connectivity index (χ3v) is 6.48. The molecule has 2 heterocycles. The lowest BCUT2D eigenvalue weighted by molar-refractivity contribution is 0.600. The number of thioether (sulfide) groups is 1. The number of hydrogen-bond acceptors (Lipinski definition) is 3. The molecule has 0 atom stereocenters. The van der Waals surface area contributed by atoms with Gasteiger partial charge in [-0.3, -0.25) is 0 Å². The van der Waals surface area contributed by atoms with E-state index in [0.29, 0.717) is 11.3 Å². The average Bonchev–Trinajstić information content (AvgIpc) is 3.05. The molecule has 2 aromatic carbocycles. The van der Waals surface area contributed by atoms with Crippen molar-refractivity contribution in [3.8, 4) is 0 Å². The van der Waals surface area contributed by atoms with Crippen molar-refractivity contribution in [2.24, 2.45) is 0 Å². The number of fused-ring (bicyclic) bond motifs is 2. The maximum absolute atomic E-state index is 11.3. The summed E-state index contributed by atoms with van der Waals surface area (Å²) in [5.74, 6) is 1.56. The summed E-state index contributed by atoms with van der Waals surface area (Å²) in [6, 6.07) is 15.8. The van der Waals surface area contributed by atoms with Gasteiger partial charge in [0.25, 0.3) is 0 Å². The fourth-order valence-corrected chi connectivity index (χ4v) is 5.13. The van der Waals surface area contributed by atoms with Crippen LogP contribution in [-0.4, -0.2) is 19.9 Å². The standard InChI is InChI=1S/C8H8O2S.C8H8S/c9-11(10)6-5-7-3-1-2-4-8(7)11;1-2-4-8-7(3-1)5-6-9-8/h1-4H,5-6H2;1-4H,5-6H2. The Bertz CT molecular complexity index is 698. The number of sulfone groups is 1. The second-order valence-electron chi connectivity index (χ2n) is 4.88. The first-order valence-electron chi connectivity index (χ1n) is 6.68. The highest BCUT2D eigenvalue weighted by atomic mass is 32.2. The summed E-state index contributed by atoms with van der Waals surface area (Å²) < 4.78 is 22.5. The largest absolute Gasteiger partial charge is 0.224 e. The first-order valence-corrected chi connectivity index (χ1v) is 9.32. The predicted octanol–water partition coefficient (Wildman–Crippen LogP) is 3.35. The van der Waals surface area contributed by atoms with Gasteiger partial charge in [0, 0.05) is 10.6 Å². The van der Waals surface area contributed by atoms with Crippen LogP contribution in [0.5, 0.6) is 0 Å². The maximum Gasteiger partial charge on any atom is 0.178 e. The minimum atomic E-state index is -2.91. The fourth-order valence-electron chi connectivity index (χ4n) is 2.49. The van der Waals surface area contributed by atoms with Crippen LogP contribution in [-0.2, 0) is 22.7 Å². The van der Waals surface area contributed by atoms with Crippen LogP contribution in [0.25, 0.3) is 0 Å². The third kappa shape index (κ3) is 2.76. The molecule has 2 nitrogen and oxygen atoms in total. The molecule has 0 fully saturated rings. The molecule has 2 aliphatic rings. The monoisotopic (exact) mass is 304 g/mol. The number of hydrogen-bond donors (Lipinski definition) is 0. The highest BCUT2D eigenvalue weighted by molar-refractivity contribution is 7.99. The van der Waals surface area contributed by atoms with Crippen LogP contribution < -0.4 is 0 Å². The van der Waals surface area contributed by atoms with Crippen LogP contribution in [0.1, 0.15) is 11.1 Å². The molecule has 2 aliphatic heterocycles. The van der Waals surface area contributed by atoms with Crippen molar-refractivity contribution < 1.29 is 8.42 Å². The Morgan fingerprint density at radius 2 is 1.55 bits per heavy atom. The number of benzene rings is 2. The van der Waals surface area contributed by atoms with Gasteiger partial charge in [0.1, 0.15) is 0 Å². The van der Waals surface area contributed by atoms with Crippen LogP contribution in [0, 0.1) is 0 Å². The molecule has 4 rings (SSSR count). The number of aryl methyl sites for hydroxylation is 2. The van der Waals surface area contributed by atoms with E-state index in [1.165, 1.54) is 22.6 Å². The SMILES string of the molecule is O=S1(=O)CCc2ccccc21.c1ccc2c(c1)CCS2. The zero-order valence-electron chi connectivity index (χ0n) is 11.1. The zero-order chi connectivity index (χ0) is 14.0. The molecular formula is C16H16O2S2. The van der Waals surface area contributed by atoms with Crippen LogP contribution in [0.3, 0.4) is 0 Å². The molecule has 0 saturated heterocycles. The molecule has 0 bridgehead atoms. The summed E-state index contributed by atoms with van der Waals surface area (Å²) in [4.78, 5) is 2.01. The second kappa shape index (κ2) is 5.62. The van der Waals surface area contributed by atoms with Gasteiger partial charge < -0.3 is 0 Å². The molecule has 0 saturated carbocycles. The van der Waals surface area contributed by atoms with E-state index in [-0.39, 0.29) is 5.75 Å². The average molecular weight is 304 g/mol. The van der Waals surface area contributed by atoms with Crippen LogP contribution >= 0.6 is 11.8 Å². The fraction of sp³-hybridized carbons (Fsp3) is 0.250. The molecule has 0 N–H and O–H groups in total. The van der Waals surface area contributed by atoms with Crippen molar-refractivity contribution in [2.45, 2.75) is 22.6 Å². The summed E-state index contributed by atoms with van der Waals surface area (Å²) in [7, 11) is -2.91. The first kappa shape index (κ1) is 13.7. The minimum Gasteiger partial charge on any atom is -0.224 e. The summed E-state index contributed by atoms with van der Waals surface area (Å²) in [5, 5.41) is 0. The molecule has 0 spiro atoms. The Labute approximate surface area is 124 Å². The Hall–Kier alpha value is -1.26. The molecule has 0 amide bonds. The normalized spacial score (nSPS) is 17.8. The van der Waals surface area contributed by atoms with Crippen molar-refractivity contribution in [2.75, 3.05) is 11.5 Å². The molecule has 20 heavy (non-hydrogen) atoms. The van der Waals surface area contributed by atoms with Crippen molar-refractivity contribution in [3.63, 3.8) is 0 Å². The van der Waals surface area contributed by atoms with Gasteiger partial charge in [0.05, 0.1) is 10.6 Å². The van der Waals surface area contributed by atoms with E-state index in [0.717, 1.165) is 5.56 Å². The van der Waals surface area contributed by atoms with Gasteiger partial charge in [-0.2, -0.15) is 0 Å². The highest BCUT2D eigenvalue weighted by Crippen LogP contribution is 2.30. The lowest BCUT2D eigenvalue weighted by atomic mass is 10.2. The van der Waals surface area contributed by atoms with E-state index in [1.54, 1.807) is 12.1 Å². The van der Waals surface area contributed by atoms with Crippen molar-refractivity contribution in [1.82, 2.24) is 0 Å². The lowest BCUT2D eigenvalue weighted by Crippen LogP contribution is -1.97. The smallest absolute Gasteiger partial charge is 0.178 e. The minimum absolute atomic E-state index is 0.284. The Morgan fingerprint density at radius 3 is 2.30 bits per heavy atom. The Morgan fingerprint density at radius 1 is 0.850 bits per heavy atom. The van der Waals surface area contributed by atoms with Gasteiger partial charge in [0.2, 0.25) is 0 Å². The van der Waals surface area contributed by atoms with E-state index in [1.807, 2.05) is 23.9 Å².